The molecule has 2 rings (SSSR count). The zero-order chi connectivity index (χ0) is 15.5. The van der Waals surface area contributed by atoms with E-state index in [1.807, 2.05) is 13.0 Å². The summed E-state index contributed by atoms with van der Waals surface area (Å²) in [5.74, 6) is 0.353. The van der Waals surface area contributed by atoms with Gasteiger partial charge in [-0.05, 0) is 37.5 Å². The van der Waals surface area contributed by atoms with E-state index in [1.165, 1.54) is 4.90 Å². The number of amides is 1. The first kappa shape index (κ1) is 16.1. The molecule has 1 aliphatic rings. The fourth-order valence-electron chi connectivity index (χ4n) is 2.69. The average Bonchev–Trinajstić information content (AvgIpc) is 2.85. The monoisotopic (exact) mass is 311 g/mol. The van der Waals surface area contributed by atoms with Gasteiger partial charge in [0.2, 0.25) is 0 Å². The Morgan fingerprint density at radius 2 is 2.10 bits per heavy atom. The Balaban J connectivity index is 1.87. The largest absolute Gasteiger partial charge is 0.482 e. The number of halogens is 1. The molecule has 21 heavy (non-hydrogen) atoms. The fourth-order valence-corrected chi connectivity index (χ4v) is 2.86. The number of rotatable bonds is 5. The van der Waals surface area contributed by atoms with Crippen molar-refractivity contribution in [3.05, 3.63) is 28.8 Å². The van der Waals surface area contributed by atoms with Crippen molar-refractivity contribution in [3.63, 3.8) is 0 Å². The number of carbonyl (C=O) groups is 1. The molecule has 0 atom stereocenters. The van der Waals surface area contributed by atoms with E-state index >= 15 is 0 Å². The van der Waals surface area contributed by atoms with Crippen molar-refractivity contribution in [2.75, 3.05) is 20.2 Å². The highest BCUT2D eigenvalue weighted by Gasteiger charge is 2.33. The molecule has 0 unspecified atom stereocenters. The number of aliphatic hydroxyl groups is 1. The molecule has 0 bridgehead atoms. The first-order valence-electron chi connectivity index (χ1n) is 7.25. The molecule has 1 amide bonds. The van der Waals surface area contributed by atoms with Crippen LogP contribution >= 0.6 is 11.6 Å². The van der Waals surface area contributed by atoms with Crippen molar-refractivity contribution in [2.24, 2.45) is 0 Å². The molecule has 0 heterocycles. The van der Waals surface area contributed by atoms with Gasteiger partial charge in [-0.25, -0.2) is 0 Å². The van der Waals surface area contributed by atoms with Gasteiger partial charge < -0.3 is 14.7 Å². The second-order valence-electron chi connectivity index (χ2n) is 5.90. The molecule has 0 saturated heterocycles. The molecule has 0 radical (unpaired) electrons. The highest BCUT2D eigenvalue weighted by Crippen LogP contribution is 2.30. The van der Waals surface area contributed by atoms with Crippen molar-refractivity contribution in [1.29, 1.82) is 0 Å². The average molecular weight is 312 g/mol. The molecule has 1 aromatic carbocycles. The summed E-state index contributed by atoms with van der Waals surface area (Å²) in [7, 11) is 1.69. The van der Waals surface area contributed by atoms with Crippen molar-refractivity contribution >= 4 is 17.5 Å². The van der Waals surface area contributed by atoms with Gasteiger partial charge in [0.05, 0.1) is 10.6 Å². The van der Waals surface area contributed by atoms with E-state index in [1.54, 1.807) is 19.2 Å². The topological polar surface area (TPSA) is 49.8 Å². The Morgan fingerprint density at radius 3 is 2.76 bits per heavy atom. The Bertz CT molecular complexity index is 512. The van der Waals surface area contributed by atoms with Crippen LogP contribution in [0.2, 0.25) is 5.02 Å². The normalized spacial score (nSPS) is 16.8. The van der Waals surface area contributed by atoms with Crippen molar-refractivity contribution in [1.82, 2.24) is 4.90 Å². The maximum atomic E-state index is 12.1. The molecule has 116 valence electrons. The Kier molecular flexibility index (Phi) is 5.12. The van der Waals surface area contributed by atoms with Crippen LogP contribution < -0.4 is 4.74 Å². The van der Waals surface area contributed by atoms with E-state index in [-0.39, 0.29) is 12.5 Å². The summed E-state index contributed by atoms with van der Waals surface area (Å²) in [5.41, 5.74) is 0.293. The van der Waals surface area contributed by atoms with Crippen LogP contribution in [0.15, 0.2) is 18.2 Å². The molecule has 1 aliphatic carbocycles. The number of hydrogen-bond donors (Lipinski definition) is 1. The van der Waals surface area contributed by atoms with Gasteiger partial charge in [-0.1, -0.05) is 30.5 Å². The van der Waals surface area contributed by atoms with E-state index in [4.69, 9.17) is 16.3 Å². The number of hydrogen-bond acceptors (Lipinski definition) is 3. The lowest BCUT2D eigenvalue weighted by atomic mass is 10.0. The van der Waals surface area contributed by atoms with Crippen LogP contribution in [0.1, 0.15) is 31.2 Å². The summed E-state index contributed by atoms with van der Waals surface area (Å²) in [6.45, 7) is 2.22. The van der Waals surface area contributed by atoms with E-state index in [9.17, 15) is 9.90 Å². The Labute approximate surface area is 130 Å². The SMILES string of the molecule is Cc1ccc(Cl)c(OCC(=O)N(C)CC2(O)CCCC2)c1. The predicted molar refractivity (Wildman–Crippen MR) is 82.7 cm³/mol. The Morgan fingerprint density at radius 1 is 1.43 bits per heavy atom. The molecule has 0 aliphatic heterocycles. The van der Waals surface area contributed by atoms with Crippen LogP contribution in [0.4, 0.5) is 0 Å². The van der Waals surface area contributed by atoms with Gasteiger partial charge in [-0.2, -0.15) is 0 Å². The molecular weight excluding hydrogens is 290 g/mol. The quantitative estimate of drug-likeness (QED) is 0.909. The lowest BCUT2D eigenvalue weighted by molar-refractivity contribution is -0.135. The summed E-state index contributed by atoms with van der Waals surface area (Å²) >= 11 is 6.03. The maximum absolute atomic E-state index is 12.1. The lowest BCUT2D eigenvalue weighted by Gasteiger charge is -2.28. The molecular formula is C16H22ClNO3. The maximum Gasteiger partial charge on any atom is 0.260 e. The third kappa shape index (κ3) is 4.35. The molecule has 0 aromatic heterocycles. The van der Waals surface area contributed by atoms with Crippen LogP contribution in [0.5, 0.6) is 5.75 Å². The molecule has 4 nitrogen and oxygen atoms in total. The van der Waals surface area contributed by atoms with E-state index in [2.05, 4.69) is 0 Å². The minimum absolute atomic E-state index is 0.0737. The number of carbonyl (C=O) groups excluding carboxylic acids is 1. The van der Waals surface area contributed by atoms with Crippen LogP contribution in [0, 0.1) is 6.92 Å². The first-order valence-corrected chi connectivity index (χ1v) is 7.63. The number of benzene rings is 1. The second kappa shape index (κ2) is 6.67. The van der Waals surface area contributed by atoms with Gasteiger partial charge in [0.25, 0.3) is 5.91 Å². The van der Waals surface area contributed by atoms with E-state index in [0.717, 1.165) is 31.2 Å². The van der Waals surface area contributed by atoms with Gasteiger partial charge >= 0.3 is 0 Å². The second-order valence-corrected chi connectivity index (χ2v) is 6.31. The van der Waals surface area contributed by atoms with Gasteiger partial charge in [0.15, 0.2) is 6.61 Å². The predicted octanol–water partition coefficient (Wildman–Crippen LogP) is 2.79. The molecule has 5 heteroatoms. The molecule has 1 fully saturated rings. The van der Waals surface area contributed by atoms with Gasteiger partial charge in [0, 0.05) is 13.6 Å². The molecule has 1 saturated carbocycles. The molecule has 1 aromatic rings. The minimum atomic E-state index is -0.731. The van der Waals surface area contributed by atoms with E-state index < -0.39 is 5.60 Å². The van der Waals surface area contributed by atoms with Crippen molar-refractivity contribution < 1.29 is 14.6 Å². The Hall–Kier alpha value is -1.26. The summed E-state index contributed by atoms with van der Waals surface area (Å²) in [6.07, 6.45) is 3.56. The van der Waals surface area contributed by atoms with Crippen LogP contribution in [-0.4, -0.2) is 41.7 Å². The number of nitrogens with zero attached hydrogens (tertiary/aromatic N) is 1. The fraction of sp³-hybridized carbons (Fsp3) is 0.562. The van der Waals surface area contributed by atoms with E-state index in [0.29, 0.717) is 17.3 Å². The van der Waals surface area contributed by atoms with Crippen LogP contribution in [0.25, 0.3) is 0 Å². The standard InChI is InChI=1S/C16H22ClNO3/c1-12-5-6-13(17)14(9-12)21-10-15(19)18(2)11-16(20)7-3-4-8-16/h5-6,9,20H,3-4,7-8,10-11H2,1-2H3. The number of ether oxygens (including phenoxy) is 1. The summed E-state index contributed by atoms with van der Waals surface area (Å²) < 4.78 is 5.49. The highest BCUT2D eigenvalue weighted by molar-refractivity contribution is 6.32. The zero-order valence-corrected chi connectivity index (χ0v) is 13.3. The van der Waals surface area contributed by atoms with Crippen LogP contribution in [-0.2, 0) is 4.79 Å². The number of aryl methyl sites for hydroxylation is 1. The van der Waals surface area contributed by atoms with Crippen molar-refractivity contribution in [2.45, 2.75) is 38.2 Å². The van der Waals surface area contributed by atoms with Gasteiger partial charge in [0.1, 0.15) is 5.75 Å². The van der Waals surface area contributed by atoms with Gasteiger partial charge in [-0.15, -0.1) is 0 Å². The molecule has 0 spiro atoms. The summed E-state index contributed by atoms with van der Waals surface area (Å²) in [4.78, 5) is 13.6. The third-order valence-electron chi connectivity index (χ3n) is 3.93. The zero-order valence-electron chi connectivity index (χ0n) is 12.6. The smallest absolute Gasteiger partial charge is 0.260 e. The highest BCUT2D eigenvalue weighted by atomic mass is 35.5. The minimum Gasteiger partial charge on any atom is -0.482 e. The van der Waals surface area contributed by atoms with Crippen LogP contribution in [0.3, 0.4) is 0 Å². The first-order chi connectivity index (χ1) is 9.89. The van der Waals surface area contributed by atoms with Crippen molar-refractivity contribution in [3.8, 4) is 5.75 Å². The summed E-state index contributed by atoms with van der Waals surface area (Å²) in [5, 5.41) is 10.8. The molecule has 1 N–H and O–H groups in total. The van der Waals surface area contributed by atoms with Gasteiger partial charge in [-0.3, -0.25) is 4.79 Å². The summed E-state index contributed by atoms with van der Waals surface area (Å²) in [6, 6.07) is 5.44. The third-order valence-corrected chi connectivity index (χ3v) is 4.24. The number of likely N-dealkylation sites (N-methyl/N-ethyl adjacent to an activating group) is 1. The lowest BCUT2D eigenvalue weighted by Crippen LogP contribution is -2.43.